The van der Waals surface area contributed by atoms with Crippen LogP contribution < -0.4 is 5.32 Å². The Morgan fingerprint density at radius 2 is 1.97 bits per heavy atom. The van der Waals surface area contributed by atoms with Gasteiger partial charge in [-0.1, -0.05) is 30.3 Å². The maximum Gasteiger partial charge on any atom is 0.252 e. The van der Waals surface area contributed by atoms with Crippen LogP contribution in [0.15, 0.2) is 60.7 Å². The van der Waals surface area contributed by atoms with Gasteiger partial charge in [-0.3, -0.25) is 14.8 Å². The number of amides is 1. The first-order chi connectivity index (χ1) is 15.6. The summed E-state index contributed by atoms with van der Waals surface area (Å²) in [6.45, 7) is 4.53. The number of aromatic hydroxyl groups is 1. The fraction of sp³-hybridized carbons (Fsp3) is 0.240. The normalized spacial score (nSPS) is 16.5. The van der Waals surface area contributed by atoms with Crippen LogP contribution in [0.2, 0.25) is 0 Å². The van der Waals surface area contributed by atoms with E-state index in [4.69, 9.17) is 0 Å². The van der Waals surface area contributed by atoms with Crippen LogP contribution in [0.3, 0.4) is 0 Å². The Hall–Kier alpha value is -3.71. The lowest BCUT2D eigenvalue weighted by Gasteiger charge is -2.17. The number of aromatic amines is 1. The van der Waals surface area contributed by atoms with E-state index in [2.05, 4.69) is 49.7 Å². The highest BCUT2D eigenvalue weighted by atomic mass is 16.3. The summed E-state index contributed by atoms with van der Waals surface area (Å²) in [5, 5.41) is 20.7. The standard InChI is InChI=1S/C25H25N5O2/c1-16-23-21(13-22(27-24(23)29-28-16)18-7-9-20(31)10-8-18)25(32)26-19-11-12-30(15-19)14-17-5-3-2-4-6-17/h2-10,13,19,31H,11-12,14-15H2,1H3,(H,26,32)(H,27,28,29). The molecule has 1 atom stereocenters. The highest BCUT2D eigenvalue weighted by Gasteiger charge is 2.26. The lowest BCUT2D eigenvalue weighted by atomic mass is 10.0. The molecule has 162 valence electrons. The molecule has 2 aromatic carbocycles. The van der Waals surface area contributed by atoms with Crippen molar-refractivity contribution in [3.05, 3.63) is 77.5 Å². The molecule has 0 aliphatic carbocycles. The third-order valence-electron chi connectivity index (χ3n) is 5.98. The zero-order valence-corrected chi connectivity index (χ0v) is 17.9. The third-order valence-corrected chi connectivity index (χ3v) is 5.98. The number of aromatic nitrogens is 3. The minimum atomic E-state index is -0.117. The summed E-state index contributed by atoms with van der Waals surface area (Å²) in [6, 6.07) is 19.1. The van der Waals surface area contributed by atoms with Crippen LogP contribution in [0.1, 0.15) is 28.0 Å². The molecule has 1 fully saturated rings. The number of H-pyrrole nitrogens is 1. The molecule has 1 saturated heterocycles. The SMILES string of the molecule is Cc1n[nH]c2nc(-c3ccc(O)cc3)cc(C(=O)NC3CCN(Cc4ccccc4)C3)c12. The quantitative estimate of drug-likeness (QED) is 0.452. The van der Waals surface area contributed by atoms with Gasteiger partial charge >= 0.3 is 0 Å². The first kappa shape index (κ1) is 20.2. The van der Waals surface area contributed by atoms with Crippen molar-refractivity contribution in [1.29, 1.82) is 0 Å². The lowest BCUT2D eigenvalue weighted by Crippen LogP contribution is -2.37. The Morgan fingerprint density at radius 3 is 2.75 bits per heavy atom. The predicted molar refractivity (Wildman–Crippen MR) is 123 cm³/mol. The molecule has 0 saturated carbocycles. The van der Waals surface area contributed by atoms with Crippen LogP contribution in [0.4, 0.5) is 0 Å². The highest BCUT2D eigenvalue weighted by molar-refractivity contribution is 6.07. The maximum atomic E-state index is 13.3. The van der Waals surface area contributed by atoms with Crippen molar-refractivity contribution in [3.8, 4) is 17.0 Å². The number of pyridine rings is 1. The zero-order valence-electron chi connectivity index (χ0n) is 17.9. The molecule has 3 N–H and O–H groups in total. The molecule has 0 spiro atoms. The second-order valence-electron chi connectivity index (χ2n) is 8.31. The Balaban J connectivity index is 1.37. The first-order valence-electron chi connectivity index (χ1n) is 10.8. The molecule has 32 heavy (non-hydrogen) atoms. The van der Waals surface area contributed by atoms with E-state index in [0.29, 0.717) is 16.9 Å². The molecule has 1 unspecified atom stereocenters. The van der Waals surface area contributed by atoms with Crippen LogP contribution in [0, 0.1) is 6.92 Å². The summed E-state index contributed by atoms with van der Waals surface area (Å²) in [4.78, 5) is 20.3. The summed E-state index contributed by atoms with van der Waals surface area (Å²) in [5.41, 5.74) is 4.64. The molecule has 1 amide bonds. The molecule has 3 heterocycles. The number of nitrogens with one attached hydrogen (secondary N) is 2. The minimum absolute atomic E-state index is 0.0961. The van der Waals surface area contributed by atoms with Crippen LogP contribution in [-0.4, -0.2) is 50.2 Å². The second-order valence-corrected chi connectivity index (χ2v) is 8.31. The fourth-order valence-corrected chi connectivity index (χ4v) is 4.34. The summed E-state index contributed by atoms with van der Waals surface area (Å²) >= 11 is 0. The molecule has 0 bridgehead atoms. The van der Waals surface area contributed by atoms with E-state index in [1.165, 1.54) is 5.56 Å². The molecule has 7 nitrogen and oxygen atoms in total. The number of hydrogen-bond acceptors (Lipinski definition) is 5. The summed E-state index contributed by atoms with van der Waals surface area (Å²) in [6.07, 6.45) is 0.919. The predicted octanol–water partition coefficient (Wildman–Crippen LogP) is 3.64. The first-order valence-corrected chi connectivity index (χ1v) is 10.8. The van der Waals surface area contributed by atoms with Gasteiger partial charge in [0.05, 0.1) is 22.3 Å². The van der Waals surface area contributed by atoms with Gasteiger partial charge in [0.25, 0.3) is 5.91 Å². The topological polar surface area (TPSA) is 94.1 Å². The number of nitrogens with zero attached hydrogens (tertiary/aromatic N) is 3. The van der Waals surface area contributed by atoms with Gasteiger partial charge in [0.1, 0.15) is 5.75 Å². The van der Waals surface area contributed by atoms with Crippen molar-refractivity contribution in [2.75, 3.05) is 13.1 Å². The summed E-state index contributed by atoms with van der Waals surface area (Å²) < 4.78 is 0. The number of rotatable bonds is 5. The van der Waals surface area contributed by atoms with E-state index in [1.807, 2.05) is 19.1 Å². The smallest absolute Gasteiger partial charge is 0.252 e. The average molecular weight is 428 g/mol. The molecule has 4 aromatic rings. The monoisotopic (exact) mass is 427 g/mol. The van der Waals surface area contributed by atoms with Crippen molar-refractivity contribution < 1.29 is 9.90 Å². The molecular formula is C25H25N5O2. The molecule has 5 rings (SSSR count). The van der Waals surface area contributed by atoms with Gasteiger partial charge in [-0.05, 0) is 49.2 Å². The number of likely N-dealkylation sites (tertiary alicyclic amines) is 1. The number of phenols is 1. The van der Waals surface area contributed by atoms with E-state index in [9.17, 15) is 9.90 Å². The number of benzene rings is 2. The van der Waals surface area contributed by atoms with Crippen LogP contribution in [0.5, 0.6) is 5.75 Å². The van der Waals surface area contributed by atoms with Crippen molar-refractivity contribution in [3.63, 3.8) is 0 Å². The maximum absolute atomic E-state index is 13.3. The molecule has 0 radical (unpaired) electrons. The van der Waals surface area contributed by atoms with Crippen LogP contribution in [-0.2, 0) is 6.54 Å². The Morgan fingerprint density at radius 1 is 1.19 bits per heavy atom. The number of hydrogen-bond donors (Lipinski definition) is 3. The molecule has 2 aromatic heterocycles. The lowest BCUT2D eigenvalue weighted by molar-refractivity contribution is 0.0939. The van der Waals surface area contributed by atoms with Gasteiger partial charge in [0.2, 0.25) is 0 Å². The van der Waals surface area contributed by atoms with E-state index < -0.39 is 0 Å². The van der Waals surface area contributed by atoms with Crippen LogP contribution >= 0.6 is 0 Å². The number of fused-ring (bicyclic) bond motifs is 1. The Labute approximate surface area is 186 Å². The van der Waals surface area contributed by atoms with E-state index in [-0.39, 0.29) is 17.7 Å². The van der Waals surface area contributed by atoms with E-state index in [1.54, 1.807) is 24.3 Å². The van der Waals surface area contributed by atoms with Gasteiger partial charge < -0.3 is 10.4 Å². The third kappa shape index (κ3) is 4.07. The summed E-state index contributed by atoms with van der Waals surface area (Å²) in [7, 11) is 0. The van der Waals surface area contributed by atoms with E-state index in [0.717, 1.165) is 42.7 Å². The second kappa shape index (κ2) is 8.43. The minimum Gasteiger partial charge on any atom is -0.508 e. The Bertz CT molecular complexity index is 1250. The zero-order chi connectivity index (χ0) is 22.1. The summed E-state index contributed by atoms with van der Waals surface area (Å²) in [5.74, 6) is 0.0694. The number of carbonyl (C=O) groups is 1. The molecule has 1 aliphatic rings. The number of aryl methyl sites for hydroxylation is 1. The van der Waals surface area contributed by atoms with E-state index >= 15 is 0 Å². The largest absolute Gasteiger partial charge is 0.508 e. The van der Waals surface area contributed by atoms with Gasteiger partial charge in [-0.2, -0.15) is 5.10 Å². The van der Waals surface area contributed by atoms with Gasteiger partial charge in [-0.15, -0.1) is 0 Å². The van der Waals surface area contributed by atoms with Gasteiger partial charge in [0.15, 0.2) is 5.65 Å². The molecular weight excluding hydrogens is 402 g/mol. The average Bonchev–Trinajstić information content (AvgIpc) is 3.40. The Kier molecular flexibility index (Phi) is 5.33. The van der Waals surface area contributed by atoms with Crippen molar-refractivity contribution in [2.45, 2.75) is 25.9 Å². The van der Waals surface area contributed by atoms with Crippen molar-refractivity contribution >= 4 is 16.9 Å². The van der Waals surface area contributed by atoms with Crippen molar-refractivity contribution in [1.82, 2.24) is 25.4 Å². The molecule has 7 heteroatoms. The number of carbonyl (C=O) groups excluding carboxylic acids is 1. The van der Waals surface area contributed by atoms with Crippen molar-refractivity contribution in [2.24, 2.45) is 0 Å². The van der Waals surface area contributed by atoms with Crippen LogP contribution in [0.25, 0.3) is 22.3 Å². The van der Waals surface area contributed by atoms with Gasteiger partial charge in [-0.25, -0.2) is 4.98 Å². The van der Waals surface area contributed by atoms with Gasteiger partial charge in [0, 0.05) is 31.2 Å². The fourth-order valence-electron chi connectivity index (χ4n) is 4.34. The molecule has 1 aliphatic heterocycles. The number of phenolic OH excluding ortho intramolecular Hbond substituents is 1. The highest BCUT2D eigenvalue weighted by Crippen LogP contribution is 2.27.